The summed E-state index contributed by atoms with van der Waals surface area (Å²) in [4.78, 5) is 20.8. The highest BCUT2D eigenvalue weighted by Gasteiger charge is 2.17. The fourth-order valence-corrected chi connectivity index (χ4v) is 2.18. The van der Waals surface area contributed by atoms with Gasteiger partial charge in [-0.05, 0) is 27.7 Å². The third-order valence-corrected chi connectivity index (χ3v) is 3.79. The van der Waals surface area contributed by atoms with Crippen LogP contribution in [0.5, 0.6) is 0 Å². The molecule has 0 aliphatic carbocycles. The molecular weight excluding hydrogens is 254 g/mol. The minimum Gasteiger partial charge on any atom is -0.347 e. The van der Waals surface area contributed by atoms with Crippen LogP contribution in [-0.4, -0.2) is 25.0 Å². The van der Waals surface area contributed by atoms with Gasteiger partial charge in [0.05, 0.1) is 12.2 Å². The highest BCUT2D eigenvalue weighted by molar-refractivity contribution is 5.79. The van der Waals surface area contributed by atoms with Gasteiger partial charge < -0.3 is 14.5 Å². The van der Waals surface area contributed by atoms with E-state index in [1.165, 1.54) is 0 Å². The first-order valence-electron chi connectivity index (χ1n) is 6.67. The fraction of sp³-hybridized carbons (Fsp3) is 0.500. The average molecular weight is 275 g/mol. The van der Waals surface area contributed by atoms with Crippen molar-refractivity contribution in [1.82, 2.24) is 24.4 Å². The van der Waals surface area contributed by atoms with Crippen LogP contribution in [-0.2, 0) is 18.4 Å². The molecule has 0 fully saturated rings. The molecule has 108 valence electrons. The van der Waals surface area contributed by atoms with Gasteiger partial charge in [-0.3, -0.25) is 4.79 Å². The van der Waals surface area contributed by atoms with Gasteiger partial charge in [0.25, 0.3) is 0 Å². The Labute approximate surface area is 118 Å². The minimum absolute atomic E-state index is 0.0376. The van der Waals surface area contributed by atoms with Gasteiger partial charge in [0, 0.05) is 25.1 Å². The summed E-state index contributed by atoms with van der Waals surface area (Å²) in [6.45, 7) is 8.17. The molecule has 0 radical (unpaired) electrons. The smallest absolute Gasteiger partial charge is 0.243 e. The van der Waals surface area contributed by atoms with Gasteiger partial charge in [-0.2, -0.15) is 0 Å². The quantitative estimate of drug-likeness (QED) is 0.917. The molecule has 20 heavy (non-hydrogen) atoms. The van der Waals surface area contributed by atoms with Crippen LogP contribution in [0.4, 0.5) is 0 Å². The zero-order valence-electron chi connectivity index (χ0n) is 12.6. The van der Waals surface area contributed by atoms with Crippen molar-refractivity contribution in [1.29, 1.82) is 0 Å². The number of hydrogen-bond acceptors (Lipinski definition) is 3. The molecule has 1 atom stereocenters. The van der Waals surface area contributed by atoms with Crippen molar-refractivity contribution in [3.05, 3.63) is 35.4 Å². The molecule has 0 unspecified atom stereocenters. The Morgan fingerprint density at radius 3 is 2.60 bits per heavy atom. The van der Waals surface area contributed by atoms with Crippen molar-refractivity contribution in [2.75, 3.05) is 0 Å². The maximum Gasteiger partial charge on any atom is 0.243 e. The lowest BCUT2D eigenvalue weighted by Crippen LogP contribution is -2.31. The molecule has 0 saturated heterocycles. The molecule has 0 saturated carbocycles. The Morgan fingerprint density at radius 2 is 2.10 bits per heavy atom. The lowest BCUT2D eigenvalue weighted by Gasteiger charge is -2.15. The number of carbonyl (C=O) groups excluding carboxylic acids is 1. The summed E-state index contributed by atoms with van der Waals surface area (Å²) in [6.07, 6.45) is 3.51. The van der Waals surface area contributed by atoms with E-state index in [-0.39, 0.29) is 11.9 Å². The highest BCUT2D eigenvalue weighted by Crippen LogP contribution is 2.10. The summed E-state index contributed by atoms with van der Waals surface area (Å²) >= 11 is 0. The molecule has 0 bridgehead atoms. The SMILES string of the molecule is Cc1nc(CNC(=O)[C@@H](C)n2ccnc2C)n(C)c1C. The number of hydrogen-bond donors (Lipinski definition) is 1. The van der Waals surface area contributed by atoms with E-state index in [9.17, 15) is 4.79 Å². The summed E-state index contributed by atoms with van der Waals surface area (Å²) in [7, 11) is 1.96. The second-order valence-corrected chi connectivity index (χ2v) is 5.03. The predicted octanol–water partition coefficient (Wildman–Crippen LogP) is 1.42. The number of rotatable bonds is 4. The molecule has 0 spiro atoms. The van der Waals surface area contributed by atoms with Crippen LogP contribution in [0.15, 0.2) is 12.4 Å². The van der Waals surface area contributed by atoms with Crippen LogP contribution >= 0.6 is 0 Å². The van der Waals surface area contributed by atoms with Crippen LogP contribution in [0.3, 0.4) is 0 Å². The van der Waals surface area contributed by atoms with Crippen molar-refractivity contribution in [3.8, 4) is 0 Å². The maximum atomic E-state index is 12.2. The topological polar surface area (TPSA) is 64.7 Å². The molecule has 6 nitrogen and oxygen atoms in total. The van der Waals surface area contributed by atoms with Gasteiger partial charge in [-0.25, -0.2) is 9.97 Å². The number of carbonyl (C=O) groups is 1. The van der Waals surface area contributed by atoms with Crippen molar-refractivity contribution >= 4 is 5.91 Å². The van der Waals surface area contributed by atoms with E-state index in [0.29, 0.717) is 6.54 Å². The number of aryl methyl sites for hydroxylation is 2. The van der Waals surface area contributed by atoms with Gasteiger partial charge in [0.1, 0.15) is 17.7 Å². The molecule has 6 heteroatoms. The van der Waals surface area contributed by atoms with Gasteiger partial charge in [0.2, 0.25) is 5.91 Å². The van der Waals surface area contributed by atoms with E-state index in [0.717, 1.165) is 23.0 Å². The van der Waals surface area contributed by atoms with E-state index < -0.39 is 0 Å². The summed E-state index contributed by atoms with van der Waals surface area (Å²) in [6, 6.07) is -0.278. The lowest BCUT2D eigenvalue weighted by molar-refractivity contribution is -0.124. The molecule has 2 heterocycles. The highest BCUT2D eigenvalue weighted by atomic mass is 16.2. The van der Waals surface area contributed by atoms with Gasteiger partial charge in [-0.15, -0.1) is 0 Å². The van der Waals surface area contributed by atoms with E-state index in [2.05, 4.69) is 15.3 Å². The normalized spacial score (nSPS) is 12.4. The minimum atomic E-state index is -0.278. The van der Waals surface area contributed by atoms with Gasteiger partial charge in [0.15, 0.2) is 0 Å². The Bertz CT molecular complexity index is 626. The van der Waals surface area contributed by atoms with E-state index >= 15 is 0 Å². The van der Waals surface area contributed by atoms with E-state index in [4.69, 9.17) is 0 Å². The molecule has 2 aromatic heterocycles. The second kappa shape index (κ2) is 5.48. The average Bonchev–Trinajstić information content (AvgIpc) is 2.95. The second-order valence-electron chi connectivity index (χ2n) is 5.03. The fourth-order valence-electron chi connectivity index (χ4n) is 2.18. The molecule has 0 aliphatic heterocycles. The number of nitrogens with zero attached hydrogens (tertiary/aromatic N) is 4. The van der Waals surface area contributed by atoms with E-state index in [1.807, 2.05) is 50.1 Å². The van der Waals surface area contributed by atoms with Crippen molar-refractivity contribution in [3.63, 3.8) is 0 Å². The summed E-state index contributed by atoms with van der Waals surface area (Å²) in [5.41, 5.74) is 2.11. The molecule has 0 aromatic carbocycles. The van der Waals surface area contributed by atoms with Crippen molar-refractivity contribution in [2.24, 2.45) is 7.05 Å². The van der Waals surface area contributed by atoms with E-state index in [1.54, 1.807) is 6.20 Å². The zero-order chi connectivity index (χ0) is 14.9. The first kappa shape index (κ1) is 14.3. The Morgan fingerprint density at radius 1 is 1.40 bits per heavy atom. The first-order valence-corrected chi connectivity index (χ1v) is 6.67. The Balaban J connectivity index is 2.02. The number of amides is 1. The summed E-state index contributed by atoms with van der Waals surface area (Å²) in [5.74, 6) is 1.66. The molecule has 2 aromatic rings. The van der Waals surface area contributed by atoms with Crippen molar-refractivity contribution < 1.29 is 4.79 Å². The van der Waals surface area contributed by atoms with Gasteiger partial charge in [-0.1, -0.05) is 0 Å². The monoisotopic (exact) mass is 275 g/mol. The zero-order valence-corrected chi connectivity index (χ0v) is 12.6. The lowest BCUT2D eigenvalue weighted by atomic mass is 10.3. The molecule has 1 amide bonds. The molecule has 1 N–H and O–H groups in total. The standard InChI is InChI=1S/C14H21N5O/c1-9-10(2)18(5)13(17-9)8-16-14(20)11(3)19-7-6-15-12(19)4/h6-7,11H,8H2,1-5H3,(H,16,20)/t11-/m1/s1. The Hall–Kier alpha value is -2.11. The number of nitrogens with one attached hydrogen (secondary N) is 1. The van der Waals surface area contributed by atoms with Crippen LogP contribution in [0.1, 0.15) is 36.0 Å². The van der Waals surface area contributed by atoms with Gasteiger partial charge >= 0.3 is 0 Å². The summed E-state index contributed by atoms with van der Waals surface area (Å²) < 4.78 is 3.85. The Kier molecular flexibility index (Phi) is 3.92. The number of aromatic nitrogens is 4. The largest absolute Gasteiger partial charge is 0.347 e. The van der Waals surface area contributed by atoms with Crippen LogP contribution in [0, 0.1) is 20.8 Å². The summed E-state index contributed by atoms with van der Waals surface area (Å²) in [5, 5.41) is 2.92. The molecule has 0 aliphatic rings. The van der Waals surface area contributed by atoms with Crippen LogP contribution in [0.2, 0.25) is 0 Å². The van der Waals surface area contributed by atoms with Crippen LogP contribution in [0.25, 0.3) is 0 Å². The maximum absolute atomic E-state index is 12.2. The first-order chi connectivity index (χ1) is 9.41. The van der Waals surface area contributed by atoms with Crippen LogP contribution < -0.4 is 5.32 Å². The van der Waals surface area contributed by atoms with Crippen molar-refractivity contribution in [2.45, 2.75) is 40.3 Å². The molecule has 2 rings (SSSR count). The predicted molar refractivity (Wildman–Crippen MR) is 76.2 cm³/mol. The number of imidazole rings is 2. The third kappa shape index (κ3) is 2.59. The third-order valence-electron chi connectivity index (χ3n) is 3.79. The molecular formula is C14H21N5O.